The minimum absolute atomic E-state index is 0.300. The summed E-state index contributed by atoms with van der Waals surface area (Å²) >= 11 is 0. The van der Waals surface area contributed by atoms with Crippen LogP contribution in [0.15, 0.2) is 12.1 Å². The molecule has 0 bridgehead atoms. The quantitative estimate of drug-likeness (QED) is 0.810. The Bertz CT molecular complexity index is 554. The van der Waals surface area contributed by atoms with Gasteiger partial charge in [0, 0.05) is 19.7 Å². The highest BCUT2D eigenvalue weighted by atomic mass is 16.5. The minimum Gasteiger partial charge on any atom is -0.376 e. The fourth-order valence-electron chi connectivity index (χ4n) is 2.21. The van der Waals surface area contributed by atoms with Gasteiger partial charge in [0.05, 0.1) is 6.10 Å². The van der Waals surface area contributed by atoms with E-state index in [9.17, 15) is 0 Å². The summed E-state index contributed by atoms with van der Waals surface area (Å²) in [5.41, 5.74) is 0.663. The number of aromatic nitrogens is 5. The van der Waals surface area contributed by atoms with E-state index in [1.807, 2.05) is 12.1 Å². The van der Waals surface area contributed by atoms with Crippen LogP contribution >= 0.6 is 0 Å². The molecule has 0 spiro atoms. The van der Waals surface area contributed by atoms with Crippen LogP contribution in [-0.2, 0) is 4.74 Å². The van der Waals surface area contributed by atoms with Gasteiger partial charge in [-0.25, -0.2) is 0 Å². The first-order valence-electron chi connectivity index (χ1n) is 6.64. The first kappa shape index (κ1) is 12.3. The van der Waals surface area contributed by atoms with Crippen molar-refractivity contribution in [2.75, 3.05) is 24.6 Å². The van der Waals surface area contributed by atoms with Crippen molar-refractivity contribution in [3.05, 3.63) is 12.1 Å². The molecule has 0 saturated carbocycles. The summed E-state index contributed by atoms with van der Waals surface area (Å²) in [6.07, 6.45) is 1.34. The Hall–Kier alpha value is -1.76. The topological polar surface area (TPSA) is 68.4 Å². The fourth-order valence-corrected chi connectivity index (χ4v) is 2.21. The Kier molecular flexibility index (Phi) is 3.29. The minimum atomic E-state index is 0.300. The molecule has 2 aromatic heterocycles. The number of hydrogen-bond acceptors (Lipinski definition) is 6. The van der Waals surface area contributed by atoms with Crippen LogP contribution in [0.3, 0.4) is 0 Å². The van der Waals surface area contributed by atoms with Crippen LogP contribution in [-0.4, -0.2) is 51.1 Å². The number of nitrogens with zero attached hydrogens (tertiary/aromatic N) is 6. The first-order valence-corrected chi connectivity index (χ1v) is 6.64. The third kappa shape index (κ3) is 2.65. The zero-order chi connectivity index (χ0) is 13.2. The van der Waals surface area contributed by atoms with Crippen LogP contribution in [0.5, 0.6) is 0 Å². The van der Waals surface area contributed by atoms with Gasteiger partial charge in [0.15, 0.2) is 11.5 Å². The summed E-state index contributed by atoms with van der Waals surface area (Å²) in [6, 6.07) is 3.83. The molecule has 0 aromatic carbocycles. The summed E-state index contributed by atoms with van der Waals surface area (Å²) < 4.78 is 7.33. The van der Waals surface area contributed by atoms with E-state index in [1.165, 1.54) is 4.63 Å². The molecule has 0 N–H and O–H groups in total. The Morgan fingerprint density at radius 3 is 3.16 bits per heavy atom. The second-order valence-corrected chi connectivity index (χ2v) is 5.30. The number of anilines is 1. The lowest BCUT2D eigenvalue weighted by Crippen LogP contribution is -2.25. The molecule has 2 aromatic rings. The maximum atomic E-state index is 5.87. The van der Waals surface area contributed by atoms with E-state index in [2.05, 4.69) is 39.4 Å². The number of hydrogen-bond donors (Lipinski definition) is 0. The monoisotopic (exact) mass is 262 g/mol. The van der Waals surface area contributed by atoms with Crippen molar-refractivity contribution in [1.29, 1.82) is 0 Å². The summed E-state index contributed by atoms with van der Waals surface area (Å²) in [5.74, 6) is 1.47. The van der Waals surface area contributed by atoms with Crippen molar-refractivity contribution >= 4 is 11.5 Å². The van der Waals surface area contributed by atoms with Crippen LogP contribution in [0.25, 0.3) is 5.65 Å². The average Bonchev–Trinajstić information content (AvgIpc) is 3.04. The summed E-state index contributed by atoms with van der Waals surface area (Å²) in [6.45, 7) is 6.99. The van der Waals surface area contributed by atoms with Crippen LogP contribution in [0.4, 0.5) is 5.82 Å². The van der Waals surface area contributed by atoms with Crippen molar-refractivity contribution in [3.63, 3.8) is 0 Å². The molecule has 1 saturated heterocycles. The molecule has 1 aliphatic rings. The van der Waals surface area contributed by atoms with Gasteiger partial charge in [0.25, 0.3) is 0 Å². The lowest BCUT2D eigenvalue weighted by atomic mass is 10.2. The maximum Gasteiger partial charge on any atom is 0.200 e. The molecule has 0 amide bonds. The van der Waals surface area contributed by atoms with E-state index in [0.29, 0.717) is 17.7 Å². The predicted octanol–water partition coefficient (Wildman–Crippen LogP) is 0.771. The molecule has 0 radical (unpaired) electrons. The summed E-state index contributed by atoms with van der Waals surface area (Å²) in [5, 5.41) is 15.7. The van der Waals surface area contributed by atoms with Gasteiger partial charge in [-0.2, -0.15) is 0 Å². The molecule has 1 fully saturated rings. The Morgan fingerprint density at radius 1 is 1.42 bits per heavy atom. The van der Waals surface area contributed by atoms with Gasteiger partial charge in [-0.3, -0.25) is 0 Å². The Balaban J connectivity index is 1.66. The van der Waals surface area contributed by atoms with Crippen molar-refractivity contribution in [3.8, 4) is 0 Å². The highest BCUT2D eigenvalue weighted by molar-refractivity contribution is 5.45. The number of fused-ring (bicyclic) bond motifs is 1. The Labute approximate surface area is 111 Å². The van der Waals surface area contributed by atoms with Gasteiger partial charge in [-0.15, -0.1) is 14.8 Å². The van der Waals surface area contributed by atoms with Crippen LogP contribution < -0.4 is 4.90 Å². The van der Waals surface area contributed by atoms with E-state index in [0.717, 1.165) is 31.9 Å². The smallest absolute Gasteiger partial charge is 0.200 e. The van der Waals surface area contributed by atoms with Gasteiger partial charge in [-0.1, -0.05) is 13.8 Å². The highest BCUT2D eigenvalue weighted by Gasteiger charge is 2.24. The molecular formula is C12H18N6O. The summed E-state index contributed by atoms with van der Waals surface area (Å²) in [4.78, 5) is 2.21. The normalized spacial score (nSPS) is 19.7. The van der Waals surface area contributed by atoms with Gasteiger partial charge in [0.1, 0.15) is 0 Å². The number of rotatable bonds is 4. The van der Waals surface area contributed by atoms with Gasteiger partial charge in [-0.05, 0) is 34.9 Å². The third-order valence-corrected chi connectivity index (χ3v) is 3.19. The third-order valence-electron chi connectivity index (χ3n) is 3.19. The number of tetrazole rings is 1. The van der Waals surface area contributed by atoms with E-state index in [-0.39, 0.29) is 0 Å². The van der Waals surface area contributed by atoms with Crippen LogP contribution in [0.1, 0.15) is 20.3 Å². The van der Waals surface area contributed by atoms with E-state index in [1.54, 1.807) is 0 Å². The fraction of sp³-hybridized carbons (Fsp3) is 0.667. The molecule has 102 valence electrons. The van der Waals surface area contributed by atoms with Crippen molar-refractivity contribution in [2.24, 2.45) is 5.92 Å². The second-order valence-electron chi connectivity index (χ2n) is 5.30. The highest BCUT2D eigenvalue weighted by Crippen LogP contribution is 2.20. The van der Waals surface area contributed by atoms with Crippen molar-refractivity contribution < 1.29 is 4.74 Å². The van der Waals surface area contributed by atoms with Gasteiger partial charge < -0.3 is 9.64 Å². The molecule has 7 nitrogen and oxygen atoms in total. The van der Waals surface area contributed by atoms with Crippen molar-refractivity contribution in [1.82, 2.24) is 25.3 Å². The largest absolute Gasteiger partial charge is 0.376 e. The Morgan fingerprint density at radius 2 is 2.32 bits per heavy atom. The molecule has 7 heteroatoms. The predicted molar refractivity (Wildman–Crippen MR) is 70.0 cm³/mol. The van der Waals surface area contributed by atoms with Crippen LogP contribution in [0.2, 0.25) is 0 Å². The lowest BCUT2D eigenvalue weighted by Gasteiger charge is -2.17. The SMILES string of the molecule is CC(C)COC1CCN(c2ccc3nnnn3n2)C1. The van der Waals surface area contributed by atoms with E-state index in [4.69, 9.17) is 4.74 Å². The van der Waals surface area contributed by atoms with E-state index >= 15 is 0 Å². The van der Waals surface area contributed by atoms with Crippen molar-refractivity contribution in [2.45, 2.75) is 26.4 Å². The zero-order valence-electron chi connectivity index (χ0n) is 11.2. The number of ether oxygens (including phenoxy) is 1. The maximum absolute atomic E-state index is 5.87. The van der Waals surface area contributed by atoms with E-state index < -0.39 is 0 Å². The molecule has 1 atom stereocenters. The molecule has 19 heavy (non-hydrogen) atoms. The molecule has 1 unspecified atom stereocenters. The van der Waals surface area contributed by atoms with Gasteiger partial charge in [0.2, 0.25) is 0 Å². The molecule has 1 aliphatic heterocycles. The standard InChI is InChI=1S/C12H18N6O/c1-9(2)8-19-10-5-6-17(7-10)12-4-3-11-13-15-16-18(11)14-12/h3-4,9-10H,5-8H2,1-2H3. The molecule has 3 heterocycles. The molecular weight excluding hydrogens is 244 g/mol. The first-order chi connectivity index (χ1) is 9.22. The van der Waals surface area contributed by atoms with Crippen LogP contribution in [0, 0.1) is 5.92 Å². The average molecular weight is 262 g/mol. The molecule has 0 aliphatic carbocycles. The summed E-state index contributed by atoms with van der Waals surface area (Å²) in [7, 11) is 0. The second kappa shape index (κ2) is 5.08. The zero-order valence-corrected chi connectivity index (χ0v) is 11.2. The van der Waals surface area contributed by atoms with Gasteiger partial charge >= 0.3 is 0 Å². The lowest BCUT2D eigenvalue weighted by molar-refractivity contribution is 0.0497. The molecule has 3 rings (SSSR count).